The Kier molecular flexibility index (Phi) is 6.98. The van der Waals surface area contributed by atoms with Gasteiger partial charge in [0, 0.05) is 23.7 Å². The molecule has 7 heteroatoms. The molecule has 0 bridgehead atoms. The Morgan fingerprint density at radius 2 is 2.10 bits per heavy atom. The number of hydrogen-bond donors (Lipinski definition) is 2. The lowest BCUT2D eigenvalue weighted by molar-refractivity contribution is 0.0953. The normalized spacial score (nSPS) is 12.7. The number of anilines is 1. The van der Waals surface area contributed by atoms with Crippen LogP contribution >= 0.6 is 11.6 Å². The molecule has 0 aliphatic rings. The van der Waals surface area contributed by atoms with Gasteiger partial charge in [-0.25, -0.2) is 8.42 Å². The maximum absolute atomic E-state index is 12.0. The Hall–Kier alpha value is -1.27. The molecule has 0 saturated carbocycles. The molecule has 1 atom stereocenters. The molecule has 0 spiro atoms. The van der Waals surface area contributed by atoms with Crippen molar-refractivity contribution in [1.29, 1.82) is 0 Å². The van der Waals surface area contributed by atoms with E-state index in [2.05, 4.69) is 10.0 Å². The third-order valence-corrected chi connectivity index (χ3v) is 4.78. The minimum Gasteiger partial charge on any atom is -0.352 e. The quantitative estimate of drug-likeness (QED) is 0.718. The van der Waals surface area contributed by atoms with Crippen LogP contribution in [0.5, 0.6) is 0 Å². The molecule has 0 aromatic heterocycles. The Morgan fingerprint density at radius 1 is 1.38 bits per heavy atom. The van der Waals surface area contributed by atoms with Crippen molar-refractivity contribution in [2.45, 2.75) is 20.3 Å². The summed E-state index contributed by atoms with van der Waals surface area (Å²) in [4.78, 5) is 11.8. The highest BCUT2D eigenvalue weighted by Crippen LogP contribution is 2.14. The summed E-state index contributed by atoms with van der Waals surface area (Å²) in [6.45, 7) is 4.31. The van der Waals surface area contributed by atoms with Crippen molar-refractivity contribution >= 4 is 33.2 Å². The summed E-state index contributed by atoms with van der Waals surface area (Å²) >= 11 is 5.63. The maximum atomic E-state index is 12.0. The maximum Gasteiger partial charge on any atom is 0.251 e. The van der Waals surface area contributed by atoms with E-state index >= 15 is 0 Å². The number of halogens is 1. The number of amides is 1. The standard InChI is InChI=1S/C14H21ClN2O3S/c1-3-7-16-14(18)12-5-4-6-13(8-12)17-21(19,20)10-11(2)9-15/h4-6,8,11,17H,3,7,9-10H2,1-2H3,(H,16,18). The summed E-state index contributed by atoms with van der Waals surface area (Å²) in [6.07, 6.45) is 0.842. The predicted molar refractivity (Wildman–Crippen MR) is 86.4 cm³/mol. The third kappa shape index (κ3) is 6.35. The van der Waals surface area contributed by atoms with Crippen molar-refractivity contribution in [1.82, 2.24) is 5.32 Å². The van der Waals surface area contributed by atoms with Crippen LogP contribution < -0.4 is 10.0 Å². The van der Waals surface area contributed by atoms with Crippen LogP contribution in [0.1, 0.15) is 30.6 Å². The van der Waals surface area contributed by atoms with Crippen LogP contribution in [0, 0.1) is 5.92 Å². The average Bonchev–Trinajstić information content (AvgIpc) is 2.43. The number of alkyl halides is 1. The Labute approximate surface area is 131 Å². The van der Waals surface area contributed by atoms with Gasteiger partial charge in [0.2, 0.25) is 10.0 Å². The summed E-state index contributed by atoms with van der Waals surface area (Å²) in [6, 6.07) is 6.42. The van der Waals surface area contributed by atoms with Crippen molar-refractivity contribution in [2.75, 3.05) is 22.9 Å². The molecular weight excluding hydrogens is 312 g/mol. The van der Waals surface area contributed by atoms with E-state index in [0.717, 1.165) is 6.42 Å². The van der Waals surface area contributed by atoms with E-state index in [9.17, 15) is 13.2 Å². The molecule has 1 aromatic carbocycles. The van der Waals surface area contributed by atoms with Gasteiger partial charge < -0.3 is 5.32 Å². The molecule has 1 amide bonds. The van der Waals surface area contributed by atoms with Crippen LogP contribution in [0.3, 0.4) is 0 Å². The fraction of sp³-hybridized carbons (Fsp3) is 0.500. The molecule has 0 saturated heterocycles. The van der Waals surface area contributed by atoms with Crippen LogP contribution in [-0.2, 0) is 10.0 Å². The number of rotatable bonds is 8. The van der Waals surface area contributed by atoms with Crippen molar-refractivity contribution in [3.05, 3.63) is 29.8 Å². The van der Waals surface area contributed by atoms with E-state index < -0.39 is 10.0 Å². The van der Waals surface area contributed by atoms with Gasteiger partial charge in [-0.3, -0.25) is 9.52 Å². The lowest BCUT2D eigenvalue weighted by atomic mass is 10.2. The minimum atomic E-state index is -3.47. The lowest BCUT2D eigenvalue weighted by Crippen LogP contribution is -2.25. The SMILES string of the molecule is CCCNC(=O)c1cccc(NS(=O)(=O)CC(C)CCl)c1. The summed E-state index contributed by atoms with van der Waals surface area (Å²) in [5, 5.41) is 2.75. The highest BCUT2D eigenvalue weighted by molar-refractivity contribution is 7.92. The fourth-order valence-electron chi connectivity index (χ4n) is 1.70. The number of sulfonamides is 1. The smallest absolute Gasteiger partial charge is 0.251 e. The van der Waals surface area contributed by atoms with Gasteiger partial charge >= 0.3 is 0 Å². The predicted octanol–water partition coefficient (Wildman–Crippen LogP) is 2.44. The fourth-order valence-corrected chi connectivity index (χ4v) is 3.38. The molecule has 0 radical (unpaired) electrons. The second-order valence-electron chi connectivity index (χ2n) is 4.98. The summed E-state index contributed by atoms with van der Waals surface area (Å²) < 4.78 is 26.4. The number of hydrogen-bond acceptors (Lipinski definition) is 3. The highest BCUT2D eigenvalue weighted by Gasteiger charge is 2.15. The summed E-state index contributed by atoms with van der Waals surface area (Å²) in [5.74, 6) is -0.129. The first kappa shape index (κ1) is 17.8. The first-order valence-corrected chi connectivity index (χ1v) is 9.01. The second-order valence-corrected chi connectivity index (χ2v) is 7.06. The number of nitrogens with one attached hydrogen (secondary N) is 2. The molecular formula is C14H21ClN2O3S. The average molecular weight is 333 g/mol. The monoisotopic (exact) mass is 332 g/mol. The van der Waals surface area contributed by atoms with Gasteiger partial charge in [0.05, 0.1) is 5.75 Å². The second kappa shape index (κ2) is 8.24. The zero-order valence-electron chi connectivity index (χ0n) is 12.2. The molecule has 0 heterocycles. The van der Waals surface area contributed by atoms with Gasteiger partial charge in [-0.05, 0) is 30.5 Å². The van der Waals surface area contributed by atoms with Gasteiger partial charge in [0.25, 0.3) is 5.91 Å². The number of carbonyl (C=O) groups is 1. The highest BCUT2D eigenvalue weighted by atomic mass is 35.5. The van der Waals surface area contributed by atoms with Gasteiger partial charge in [-0.15, -0.1) is 11.6 Å². The molecule has 0 aliphatic carbocycles. The Morgan fingerprint density at radius 3 is 2.71 bits per heavy atom. The number of benzene rings is 1. The van der Waals surface area contributed by atoms with Crippen LogP contribution in [0.4, 0.5) is 5.69 Å². The topological polar surface area (TPSA) is 75.3 Å². The van der Waals surface area contributed by atoms with E-state index in [1.165, 1.54) is 6.07 Å². The minimum absolute atomic E-state index is 0.0528. The van der Waals surface area contributed by atoms with Gasteiger partial charge in [-0.1, -0.05) is 19.9 Å². The summed E-state index contributed by atoms with van der Waals surface area (Å²) in [5.41, 5.74) is 0.801. The van der Waals surface area contributed by atoms with Crippen LogP contribution in [0.2, 0.25) is 0 Å². The Balaban J connectivity index is 2.79. The van der Waals surface area contributed by atoms with Gasteiger partial charge in [0.15, 0.2) is 0 Å². The molecule has 5 nitrogen and oxygen atoms in total. The number of carbonyl (C=O) groups excluding carboxylic acids is 1. The molecule has 1 aromatic rings. The molecule has 1 unspecified atom stereocenters. The molecule has 1 rings (SSSR count). The van der Waals surface area contributed by atoms with Crippen molar-refractivity contribution in [3.8, 4) is 0 Å². The zero-order chi connectivity index (χ0) is 15.9. The molecule has 118 valence electrons. The van der Waals surface area contributed by atoms with Crippen molar-refractivity contribution < 1.29 is 13.2 Å². The molecule has 2 N–H and O–H groups in total. The zero-order valence-corrected chi connectivity index (χ0v) is 13.8. The van der Waals surface area contributed by atoms with Crippen LogP contribution in [0.25, 0.3) is 0 Å². The Bertz CT molecular complexity index is 575. The van der Waals surface area contributed by atoms with E-state index in [4.69, 9.17) is 11.6 Å². The first-order chi connectivity index (χ1) is 9.88. The van der Waals surface area contributed by atoms with Gasteiger partial charge in [0.1, 0.15) is 0 Å². The first-order valence-electron chi connectivity index (χ1n) is 6.82. The van der Waals surface area contributed by atoms with E-state index in [0.29, 0.717) is 17.8 Å². The van der Waals surface area contributed by atoms with Crippen LogP contribution in [0.15, 0.2) is 24.3 Å². The van der Waals surface area contributed by atoms with E-state index in [1.54, 1.807) is 25.1 Å². The molecule has 0 fully saturated rings. The van der Waals surface area contributed by atoms with Gasteiger partial charge in [-0.2, -0.15) is 0 Å². The van der Waals surface area contributed by atoms with Crippen LogP contribution in [-0.4, -0.2) is 32.5 Å². The lowest BCUT2D eigenvalue weighted by Gasteiger charge is -2.12. The molecule has 0 aliphatic heterocycles. The van der Waals surface area contributed by atoms with E-state index in [-0.39, 0.29) is 23.5 Å². The third-order valence-electron chi connectivity index (χ3n) is 2.70. The summed E-state index contributed by atoms with van der Waals surface area (Å²) in [7, 11) is -3.47. The van der Waals surface area contributed by atoms with Crippen molar-refractivity contribution in [3.63, 3.8) is 0 Å². The van der Waals surface area contributed by atoms with Crippen molar-refractivity contribution in [2.24, 2.45) is 5.92 Å². The largest absolute Gasteiger partial charge is 0.352 e. The van der Waals surface area contributed by atoms with E-state index in [1.807, 2.05) is 6.92 Å². The molecule has 21 heavy (non-hydrogen) atoms.